The lowest BCUT2D eigenvalue weighted by atomic mass is 9.81. The summed E-state index contributed by atoms with van der Waals surface area (Å²) in [4.78, 5) is 4.39. The maximum Gasteiger partial charge on any atom is 0.123 e. The van der Waals surface area contributed by atoms with Gasteiger partial charge in [0.05, 0.1) is 24.1 Å². The molecule has 5 nitrogen and oxygen atoms in total. The molecule has 3 rings (SSSR count). The molecule has 1 fully saturated rings. The highest BCUT2D eigenvalue weighted by Crippen LogP contribution is 2.33. The predicted molar refractivity (Wildman–Crippen MR) is 99.4 cm³/mol. The van der Waals surface area contributed by atoms with E-state index in [0.29, 0.717) is 6.54 Å². The van der Waals surface area contributed by atoms with Crippen molar-refractivity contribution in [3.05, 3.63) is 22.9 Å². The number of halogens is 1. The van der Waals surface area contributed by atoms with E-state index >= 15 is 0 Å². The first-order valence-corrected chi connectivity index (χ1v) is 9.36. The SMILES string of the molecule is C[C@H](O)CNC1(C)CCC(Oc2cc(Br)c3ncn(C)c3c2)CC1. The molecule has 0 radical (unpaired) electrons. The van der Waals surface area contributed by atoms with Crippen molar-refractivity contribution in [1.82, 2.24) is 14.9 Å². The number of nitrogens with one attached hydrogen (secondary N) is 1. The first-order chi connectivity index (χ1) is 11.4. The van der Waals surface area contributed by atoms with Gasteiger partial charge in [-0.05, 0) is 61.5 Å². The molecular formula is C18H26BrN3O2. The van der Waals surface area contributed by atoms with Crippen LogP contribution in [0.15, 0.2) is 22.9 Å². The maximum absolute atomic E-state index is 9.46. The largest absolute Gasteiger partial charge is 0.490 e. The van der Waals surface area contributed by atoms with Crippen molar-refractivity contribution < 1.29 is 9.84 Å². The second-order valence-electron chi connectivity index (χ2n) is 7.24. The lowest BCUT2D eigenvalue weighted by Gasteiger charge is -2.38. The van der Waals surface area contributed by atoms with Crippen LogP contribution < -0.4 is 10.1 Å². The molecular weight excluding hydrogens is 370 g/mol. The molecule has 24 heavy (non-hydrogen) atoms. The smallest absolute Gasteiger partial charge is 0.123 e. The van der Waals surface area contributed by atoms with E-state index in [1.165, 1.54) is 0 Å². The highest BCUT2D eigenvalue weighted by atomic mass is 79.9. The van der Waals surface area contributed by atoms with Crippen molar-refractivity contribution in [2.24, 2.45) is 7.05 Å². The average Bonchev–Trinajstić information content (AvgIpc) is 2.90. The zero-order valence-electron chi connectivity index (χ0n) is 14.6. The summed E-state index contributed by atoms with van der Waals surface area (Å²) in [5.41, 5.74) is 2.13. The third kappa shape index (κ3) is 3.92. The fraction of sp³-hybridized carbons (Fsp3) is 0.611. The van der Waals surface area contributed by atoms with Crippen LogP contribution in [-0.4, -0.2) is 38.9 Å². The summed E-state index contributed by atoms with van der Waals surface area (Å²) >= 11 is 3.59. The van der Waals surface area contributed by atoms with E-state index in [4.69, 9.17) is 4.74 Å². The number of fused-ring (bicyclic) bond motifs is 1. The number of β-amino-alcohol motifs (C(OH)–C–C–N with tert-alkyl or cyclic N) is 1. The number of aliphatic hydroxyl groups is 1. The summed E-state index contributed by atoms with van der Waals surface area (Å²) in [6.07, 6.45) is 5.90. The van der Waals surface area contributed by atoms with Gasteiger partial charge in [-0.15, -0.1) is 0 Å². The molecule has 2 N–H and O–H groups in total. The first-order valence-electron chi connectivity index (χ1n) is 8.57. The molecule has 132 valence electrons. The van der Waals surface area contributed by atoms with Gasteiger partial charge in [-0.2, -0.15) is 0 Å². The van der Waals surface area contributed by atoms with Gasteiger partial charge >= 0.3 is 0 Å². The van der Waals surface area contributed by atoms with Gasteiger partial charge < -0.3 is 19.7 Å². The maximum atomic E-state index is 9.46. The zero-order valence-corrected chi connectivity index (χ0v) is 16.1. The summed E-state index contributed by atoms with van der Waals surface area (Å²) in [5, 5.41) is 13.0. The molecule has 1 aliphatic carbocycles. The highest BCUT2D eigenvalue weighted by molar-refractivity contribution is 9.10. The average molecular weight is 396 g/mol. The number of benzene rings is 1. The van der Waals surface area contributed by atoms with Gasteiger partial charge in [0.1, 0.15) is 11.3 Å². The quantitative estimate of drug-likeness (QED) is 0.814. The Morgan fingerprint density at radius 2 is 2.17 bits per heavy atom. The van der Waals surface area contributed by atoms with Gasteiger partial charge in [-0.3, -0.25) is 0 Å². The molecule has 1 atom stereocenters. The Bertz CT molecular complexity index is 706. The summed E-state index contributed by atoms with van der Waals surface area (Å²) in [5.74, 6) is 0.892. The lowest BCUT2D eigenvalue weighted by molar-refractivity contribution is 0.0984. The van der Waals surface area contributed by atoms with Crippen molar-refractivity contribution in [3.8, 4) is 5.75 Å². The molecule has 0 aliphatic heterocycles. The van der Waals surface area contributed by atoms with Gasteiger partial charge in [-0.25, -0.2) is 4.98 Å². The van der Waals surface area contributed by atoms with Crippen molar-refractivity contribution in [2.45, 2.75) is 57.3 Å². The lowest BCUT2D eigenvalue weighted by Crippen LogP contribution is -2.49. The molecule has 0 spiro atoms. The second-order valence-corrected chi connectivity index (χ2v) is 8.09. The Morgan fingerprint density at radius 3 is 2.83 bits per heavy atom. The van der Waals surface area contributed by atoms with Gasteiger partial charge in [0.15, 0.2) is 0 Å². The standard InChI is InChI=1S/C18H26BrN3O2/c1-12(23)10-21-18(2)6-4-13(5-7-18)24-14-8-15(19)17-16(9-14)22(3)11-20-17/h8-9,11-13,21,23H,4-7,10H2,1-3H3/t12-,13?,18?/m0/s1. The minimum Gasteiger partial charge on any atom is -0.490 e. The molecule has 1 saturated carbocycles. The van der Waals surface area contributed by atoms with E-state index in [1.54, 1.807) is 0 Å². The summed E-state index contributed by atoms with van der Waals surface area (Å²) < 4.78 is 9.21. The van der Waals surface area contributed by atoms with E-state index < -0.39 is 0 Å². The molecule has 0 amide bonds. The van der Waals surface area contributed by atoms with Crippen LogP contribution in [0.1, 0.15) is 39.5 Å². The number of aryl methyl sites for hydroxylation is 1. The Labute approximate surface area is 151 Å². The van der Waals surface area contributed by atoms with Crippen LogP contribution in [0.4, 0.5) is 0 Å². The molecule has 1 heterocycles. The number of aliphatic hydroxyl groups excluding tert-OH is 1. The highest BCUT2D eigenvalue weighted by Gasteiger charge is 2.31. The monoisotopic (exact) mass is 395 g/mol. The van der Waals surface area contributed by atoms with Crippen molar-refractivity contribution in [2.75, 3.05) is 6.54 Å². The molecule has 1 aromatic carbocycles. The zero-order chi connectivity index (χ0) is 17.3. The molecule has 0 saturated heterocycles. The van der Waals surface area contributed by atoms with E-state index in [9.17, 15) is 5.11 Å². The summed E-state index contributed by atoms with van der Waals surface area (Å²) in [7, 11) is 1.99. The third-order valence-corrected chi connectivity index (χ3v) is 5.52. The number of aromatic nitrogens is 2. The molecule has 1 aliphatic rings. The van der Waals surface area contributed by atoms with E-state index in [1.807, 2.05) is 30.9 Å². The number of ether oxygens (including phenoxy) is 1. The van der Waals surface area contributed by atoms with Crippen LogP contribution in [0.5, 0.6) is 5.75 Å². The van der Waals surface area contributed by atoms with Crippen molar-refractivity contribution in [3.63, 3.8) is 0 Å². The Hall–Kier alpha value is -1.11. The van der Waals surface area contributed by atoms with Crippen LogP contribution in [0.3, 0.4) is 0 Å². The summed E-state index contributed by atoms with van der Waals surface area (Å²) in [6, 6.07) is 4.07. The minimum atomic E-state index is -0.307. The predicted octanol–water partition coefficient (Wildman–Crippen LogP) is 3.39. The number of hydrogen-bond donors (Lipinski definition) is 2. The molecule has 2 aromatic rings. The van der Waals surface area contributed by atoms with E-state index in [-0.39, 0.29) is 17.7 Å². The number of imidazole rings is 1. The van der Waals surface area contributed by atoms with Gasteiger partial charge in [0.25, 0.3) is 0 Å². The van der Waals surface area contributed by atoms with Crippen molar-refractivity contribution >= 4 is 27.0 Å². The Balaban J connectivity index is 1.63. The summed E-state index contributed by atoms with van der Waals surface area (Å²) in [6.45, 7) is 4.70. The molecule has 1 aromatic heterocycles. The van der Waals surface area contributed by atoms with Gasteiger partial charge in [0.2, 0.25) is 0 Å². The van der Waals surface area contributed by atoms with Crippen LogP contribution in [-0.2, 0) is 7.05 Å². The van der Waals surface area contributed by atoms with Crippen molar-refractivity contribution in [1.29, 1.82) is 0 Å². The number of rotatable bonds is 5. The number of hydrogen-bond acceptors (Lipinski definition) is 4. The van der Waals surface area contributed by atoms with Crippen LogP contribution in [0, 0.1) is 0 Å². The fourth-order valence-corrected chi connectivity index (χ4v) is 3.87. The molecule has 0 bridgehead atoms. The molecule has 6 heteroatoms. The first kappa shape index (κ1) is 17.7. The Morgan fingerprint density at radius 1 is 1.46 bits per heavy atom. The number of nitrogens with zero attached hydrogens (tertiary/aromatic N) is 2. The second kappa shape index (κ2) is 7.02. The topological polar surface area (TPSA) is 59.3 Å². The minimum absolute atomic E-state index is 0.101. The fourth-order valence-electron chi connectivity index (χ4n) is 3.34. The van der Waals surface area contributed by atoms with Gasteiger partial charge in [0, 0.05) is 29.7 Å². The molecule has 0 unspecified atom stereocenters. The van der Waals surface area contributed by atoms with Crippen LogP contribution in [0.2, 0.25) is 0 Å². The van der Waals surface area contributed by atoms with Crippen LogP contribution in [0.25, 0.3) is 11.0 Å². The third-order valence-electron chi connectivity index (χ3n) is 4.92. The van der Waals surface area contributed by atoms with Crippen LogP contribution >= 0.6 is 15.9 Å². The van der Waals surface area contributed by atoms with E-state index in [2.05, 4.69) is 39.2 Å². The Kier molecular flexibility index (Phi) is 5.18. The normalized spacial score (nSPS) is 25.8. The van der Waals surface area contributed by atoms with E-state index in [0.717, 1.165) is 46.9 Å². The van der Waals surface area contributed by atoms with Gasteiger partial charge in [-0.1, -0.05) is 0 Å².